The molecule has 0 aliphatic carbocycles. The minimum Gasteiger partial charge on any atom is -0.370 e. The number of nitrogens with one attached hydrogen (secondary N) is 1. The van der Waals surface area contributed by atoms with Crippen LogP contribution >= 0.6 is 0 Å². The van der Waals surface area contributed by atoms with Crippen molar-refractivity contribution in [2.75, 3.05) is 4.72 Å². The first-order valence-electron chi connectivity index (χ1n) is 8.09. The van der Waals surface area contributed by atoms with E-state index in [0.717, 1.165) is 17.7 Å². The molecule has 0 bridgehead atoms. The van der Waals surface area contributed by atoms with Gasteiger partial charge in [-0.05, 0) is 48.0 Å². The van der Waals surface area contributed by atoms with Crippen molar-refractivity contribution in [2.24, 2.45) is 0 Å². The van der Waals surface area contributed by atoms with Crippen molar-refractivity contribution < 1.29 is 26.3 Å². The molecule has 0 unspecified atom stereocenters. The van der Waals surface area contributed by atoms with Crippen LogP contribution in [0.4, 0.5) is 19.0 Å². The lowest BCUT2D eigenvalue weighted by Gasteiger charge is -2.10. The topological polar surface area (TPSA) is 68.3 Å². The molecule has 1 heterocycles. The highest BCUT2D eigenvalue weighted by molar-refractivity contribution is 7.92. The fourth-order valence-corrected chi connectivity index (χ4v) is 3.44. The average molecular weight is 408 g/mol. The summed E-state index contributed by atoms with van der Waals surface area (Å²) in [6.45, 7) is 0.285. The number of benzene rings is 2. The van der Waals surface area contributed by atoms with E-state index < -0.39 is 26.6 Å². The van der Waals surface area contributed by atoms with Crippen LogP contribution in [0, 0.1) is 17.5 Å². The molecular formula is C19H15F3N2O3S. The quantitative estimate of drug-likeness (QED) is 0.641. The molecule has 0 aliphatic heterocycles. The normalized spacial score (nSPS) is 11.4. The number of pyridine rings is 1. The molecule has 0 saturated heterocycles. The summed E-state index contributed by atoms with van der Waals surface area (Å²) < 4.78 is 72.1. The van der Waals surface area contributed by atoms with Gasteiger partial charge in [0.15, 0.2) is 0 Å². The average Bonchev–Trinajstić information content (AvgIpc) is 2.65. The van der Waals surface area contributed by atoms with Crippen LogP contribution in [0.1, 0.15) is 11.3 Å². The number of ether oxygens (including phenoxy) is 1. The number of halogens is 3. The molecule has 0 aliphatic rings. The van der Waals surface area contributed by atoms with E-state index >= 15 is 0 Å². The molecular weight excluding hydrogens is 393 g/mol. The number of rotatable bonds is 7. The zero-order valence-electron chi connectivity index (χ0n) is 14.4. The van der Waals surface area contributed by atoms with Gasteiger partial charge >= 0.3 is 0 Å². The van der Waals surface area contributed by atoms with E-state index in [1.165, 1.54) is 18.2 Å². The summed E-state index contributed by atoms with van der Waals surface area (Å²) in [7, 11) is -4.35. The first-order valence-corrected chi connectivity index (χ1v) is 9.58. The van der Waals surface area contributed by atoms with Crippen LogP contribution in [0.2, 0.25) is 0 Å². The van der Waals surface area contributed by atoms with Crippen LogP contribution in [0.15, 0.2) is 65.6 Å². The van der Waals surface area contributed by atoms with Crippen LogP contribution in [0.3, 0.4) is 0 Å². The highest BCUT2D eigenvalue weighted by atomic mass is 32.2. The van der Waals surface area contributed by atoms with Gasteiger partial charge in [0, 0.05) is 0 Å². The lowest BCUT2D eigenvalue weighted by Crippen LogP contribution is -2.16. The second-order valence-electron chi connectivity index (χ2n) is 5.81. The Labute approximate surface area is 159 Å². The van der Waals surface area contributed by atoms with Crippen molar-refractivity contribution in [3.8, 4) is 0 Å². The summed E-state index contributed by atoms with van der Waals surface area (Å²) in [5.41, 5.74) is 1.18. The molecule has 1 aromatic heterocycles. The molecule has 0 fully saturated rings. The van der Waals surface area contributed by atoms with Crippen LogP contribution in [0.5, 0.6) is 0 Å². The van der Waals surface area contributed by atoms with Crippen LogP contribution in [0.25, 0.3) is 0 Å². The van der Waals surface area contributed by atoms with Crippen LogP contribution < -0.4 is 4.72 Å². The first kappa shape index (κ1) is 19.8. The monoisotopic (exact) mass is 408 g/mol. The SMILES string of the molecule is O=S(=O)(Nc1cccc(COCc2ccc(F)cc2)n1)c1cc(F)ccc1F. The molecule has 2 aromatic carbocycles. The molecule has 0 amide bonds. The minimum atomic E-state index is -4.35. The second-order valence-corrected chi connectivity index (χ2v) is 7.46. The minimum absolute atomic E-state index is 0.0634. The Bertz CT molecular complexity index is 1070. The summed E-state index contributed by atoms with van der Waals surface area (Å²) in [6, 6.07) is 12.5. The van der Waals surface area contributed by atoms with E-state index in [1.807, 2.05) is 0 Å². The van der Waals surface area contributed by atoms with Gasteiger partial charge in [-0.3, -0.25) is 4.72 Å². The lowest BCUT2D eigenvalue weighted by molar-refractivity contribution is 0.104. The predicted octanol–water partition coefficient (Wildman–Crippen LogP) is 4.02. The molecule has 3 aromatic rings. The van der Waals surface area contributed by atoms with E-state index in [0.29, 0.717) is 11.8 Å². The Morgan fingerprint density at radius 3 is 2.36 bits per heavy atom. The molecule has 5 nitrogen and oxygen atoms in total. The van der Waals surface area contributed by atoms with Gasteiger partial charge in [0.25, 0.3) is 10.0 Å². The molecule has 1 N–H and O–H groups in total. The zero-order chi connectivity index (χ0) is 20.1. The van der Waals surface area contributed by atoms with Gasteiger partial charge in [-0.25, -0.2) is 26.6 Å². The van der Waals surface area contributed by atoms with Gasteiger partial charge in [-0.15, -0.1) is 0 Å². The van der Waals surface area contributed by atoms with Crippen molar-refractivity contribution in [1.29, 1.82) is 0 Å². The zero-order valence-corrected chi connectivity index (χ0v) is 15.2. The number of aromatic nitrogens is 1. The molecule has 0 radical (unpaired) electrons. The fourth-order valence-electron chi connectivity index (χ4n) is 2.35. The van der Waals surface area contributed by atoms with E-state index in [2.05, 4.69) is 9.71 Å². The number of hydrogen-bond acceptors (Lipinski definition) is 4. The number of nitrogens with zero attached hydrogens (tertiary/aromatic N) is 1. The summed E-state index contributed by atoms with van der Waals surface area (Å²) in [6.07, 6.45) is 0. The van der Waals surface area contributed by atoms with Crippen molar-refractivity contribution in [2.45, 2.75) is 18.1 Å². The Morgan fingerprint density at radius 2 is 1.61 bits per heavy atom. The Balaban J connectivity index is 1.67. The van der Waals surface area contributed by atoms with Gasteiger partial charge in [-0.1, -0.05) is 18.2 Å². The van der Waals surface area contributed by atoms with E-state index in [-0.39, 0.29) is 24.8 Å². The van der Waals surface area contributed by atoms with Crippen molar-refractivity contribution >= 4 is 15.8 Å². The third-order valence-corrected chi connectivity index (χ3v) is 5.03. The maximum atomic E-state index is 13.8. The van der Waals surface area contributed by atoms with Gasteiger partial charge in [-0.2, -0.15) is 0 Å². The van der Waals surface area contributed by atoms with Crippen LogP contribution in [-0.2, 0) is 28.0 Å². The second kappa shape index (κ2) is 8.41. The predicted molar refractivity (Wildman–Crippen MR) is 96.3 cm³/mol. The fraction of sp³-hybridized carbons (Fsp3) is 0.105. The Kier molecular flexibility index (Phi) is 5.96. The van der Waals surface area contributed by atoms with E-state index in [1.54, 1.807) is 24.3 Å². The van der Waals surface area contributed by atoms with E-state index in [4.69, 9.17) is 4.74 Å². The van der Waals surface area contributed by atoms with Crippen molar-refractivity contribution in [1.82, 2.24) is 4.98 Å². The number of sulfonamides is 1. The Morgan fingerprint density at radius 1 is 0.893 bits per heavy atom. The largest absolute Gasteiger partial charge is 0.370 e. The lowest BCUT2D eigenvalue weighted by atomic mass is 10.2. The van der Waals surface area contributed by atoms with E-state index in [9.17, 15) is 21.6 Å². The van der Waals surface area contributed by atoms with Gasteiger partial charge in [0.2, 0.25) is 0 Å². The Hall–Kier alpha value is -2.91. The maximum absolute atomic E-state index is 13.8. The molecule has 146 valence electrons. The summed E-state index contributed by atoms with van der Waals surface area (Å²) in [5, 5.41) is 0. The van der Waals surface area contributed by atoms with Crippen molar-refractivity contribution in [3.05, 3.63) is 89.4 Å². The van der Waals surface area contributed by atoms with Crippen LogP contribution in [-0.4, -0.2) is 13.4 Å². The highest BCUT2D eigenvalue weighted by Crippen LogP contribution is 2.19. The van der Waals surface area contributed by atoms with Crippen molar-refractivity contribution in [3.63, 3.8) is 0 Å². The maximum Gasteiger partial charge on any atom is 0.266 e. The highest BCUT2D eigenvalue weighted by Gasteiger charge is 2.20. The molecule has 3 rings (SSSR count). The third kappa shape index (κ3) is 5.08. The smallest absolute Gasteiger partial charge is 0.266 e. The third-order valence-electron chi connectivity index (χ3n) is 3.66. The first-order chi connectivity index (χ1) is 13.3. The van der Waals surface area contributed by atoms with Gasteiger partial charge < -0.3 is 4.74 Å². The molecule has 28 heavy (non-hydrogen) atoms. The molecule has 0 spiro atoms. The summed E-state index contributed by atoms with van der Waals surface area (Å²) in [5.74, 6) is -2.36. The summed E-state index contributed by atoms with van der Waals surface area (Å²) >= 11 is 0. The van der Waals surface area contributed by atoms with Gasteiger partial charge in [0.05, 0.1) is 18.9 Å². The molecule has 0 saturated carbocycles. The standard InChI is InChI=1S/C19H15F3N2O3S/c20-14-6-4-13(5-7-14)11-27-12-16-2-1-3-19(23-16)24-28(25,26)18-10-15(21)8-9-17(18)22/h1-10H,11-12H2,(H,23,24). The molecule has 9 heteroatoms. The van der Waals surface area contributed by atoms with Gasteiger partial charge in [0.1, 0.15) is 28.2 Å². The summed E-state index contributed by atoms with van der Waals surface area (Å²) in [4.78, 5) is 3.28. The number of anilines is 1. The number of hydrogen-bond donors (Lipinski definition) is 1. The molecule has 0 atom stereocenters.